The van der Waals surface area contributed by atoms with Crippen molar-refractivity contribution in [2.75, 3.05) is 5.73 Å². The average Bonchev–Trinajstić information content (AvgIpc) is 2.83. The summed E-state index contributed by atoms with van der Waals surface area (Å²) in [4.78, 5) is 16.8. The number of aryl methyl sites for hydroxylation is 1. The summed E-state index contributed by atoms with van der Waals surface area (Å²) in [7, 11) is 0. The number of nitrogens with zero attached hydrogens (tertiary/aromatic N) is 1. The van der Waals surface area contributed by atoms with E-state index in [4.69, 9.17) is 5.73 Å². The molecule has 3 aromatic rings. The molecule has 0 saturated heterocycles. The number of carbonyl (C=O) groups is 1. The molecule has 2 aromatic carbocycles. The highest BCUT2D eigenvalue weighted by Crippen LogP contribution is 2.23. The lowest BCUT2D eigenvalue weighted by Gasteiger charge is -2.03. The SMILES string of the molecule is Cc1ccc(C(=O)Cc2nc3ccccc3s2)cc1N. The van der Waals surface area contributed by atoms with Crippen LogP contribution >= 0.6 is 11.3 Å². The fourth-order valence-electron chi connectivity index (χ4n) is 2.05. The summed E-state index contributed by atoms with van der Waals surface area (Å²) < 4.78 is 1.11. The standard InChI is InChI=1S/C16H14N2OS/c1-10-6-7-11(8-12(10)17)14(19)9-16-18-13-4-2-3-5-15(13)20-16/h2-8H,9,17H2,1H3. The first-order valence-electron chi connectivity index (χ1n) is 6.37. The number of hydrogen-bond acceptors (Lipinski definition) is 4. The Balaban J connectivity index is 1.86. The van der Waals surface area contributed by atoms with Crippen molar-refractivity contribution < 1.29 is 4.79 Å². The van der Waals surface area contributed by atoms with Gasteiger partial charge in [0.15, 0.2) is 5.78 Å². The van der Waals surface area contributed by atoms with Crippen LogP contribution in [0.5, 0.6) is 0 Å². The van der Waals surface area contributed by atoms with E-state index in [0.717, 1.165) is 20.8 Å². The minimum Gasteiger partial charge on any atom is -0.398 e. The third-order valence-electron chi connectivity index (χ3n) is 3.25. The Labute approximate surface area is 121 Å². The van der Waals surface area contributed by atoms with E-state index >= 15 is 0 Å². The molecule has 1 heterocycles. The van der Waals surface area contributed by atoms with Gasteiger partial charge in [0.2, 0.25) is 0 Å². The molecule has 100 valence electrons. The van der Waals surface area contributed by atoms with Crippen LogP contribution in [0.2, 0.25) is 0 Å². The number of carbonyl (C=O) groups excluding carboxylic acids is 1. The van der Waals surface area contributed by atoms with E-state index in [2.05, 4.69) is 4.98 Å². The predicted octanol–water partition coefficient (Wildman–Crippen LogP) is 3.61. The number of hydrogen-bond donors (Lipinski definition) is 1. The topological polar surface area (TPSA) is 56.0 Å². The van der Waals surface area contributed by atoms with E-state index < -0.39 is 0 Å². The van der Waals surface area contributed by atoms with Crippen LogP contribution in [-0.4, -0.2) is 10.8 Å². The summed E-state index contributed by atoms with van der Waals surface area (Å²) in [6.07, 6.45) is 0.321. The summed E-state index contributed by atoms with van der Waals surface area (Å²) in [6, 6.07) is 13.4. The van der Waals surface area contributed by atoms with Gasteiger partial charge in [-0.3, -0.25) is 4.79 Å². The second-order valence-corrected chi connectivity index (χ2v) is 5.86. The smallest absolute Gasteiger partial charge is 0.169 e. The van der Waals surface area contributed by atoms with Gasteiger partial charge in [-0.1, -0.05) is 24.3 Å². The van der Waals surface area contributed by atoms with E-state index in [-0.39, 0.29) is 5.78 Å². The number of ketones is 1. The fourth-order valence-corrected chi connectivity index (χ4v) is 3.01. The molecule has 0 spiro atoms. The number of nitrogen functional groups attached to an aromatic ring is 1. The van der Waals surface area contributed by atoms with Crippen molar-refractivity contribution in [3.63, 3.8) is 0 Å². The Morgan fingerprint density at radius 2 is 2.05 bits per heavy atom. The first-order chi connectivity index (χ1) is 9.63. The number of nitrogens with two attached hydrogens (primary N) is 1. The molecular weight excluding hydrogens is 268 g/mol. The van der Waals surface area contributed by atoms with Crippen molar-refractivity contribution in [1.29, 1.82) is 0 Å². The lowest BCUT2D eigenvalue weighted by Crippen LogP contribution is -2.04. The maximum absolute atomic E-state index is 12.3. The van der Waals surface area contributed by atoms with Crippen molar-refractivity contribution in [2.24, 2.45) is 0 Å². The van der Waals surface area contributed by atoms with E-state index in [9.17, 15) is 4.79 Å². The molecule has 0 radical (unpaired) electrons. The Morgan fingerprint density at radius 3 is 2.80 bits per heavy atom. The maximum atomic E-state index is 12.3. The number of benzene rings is 2. The molecule has 0 saturated carbocycles. The van der Waals surface area contributed by atoms with Crippen LogP contribution in [0.1, 0.15) is 20.9 Å². The average molecular weight is 282 g/mol. The second kappa shape index (κ2) is 5.06. The second-order valence-electron chi connectivity index (χ2n) is 4.75. The maximum Gasteiger partial charge on any atom is 0.169 e. The first-order valence-corrected chi connectivity index (χ1v) is 7.19. The van der Waals surface area contributed by atoms with Gasteiger partial charge in [0, 0.05) is 11.3 Å². The highest BCUT2D eigenvalue weighted by Gasteiger charge is 2.11. The molecule has 4 heteroatoms. The summed E-state index contributed by atoms with van der Waals surface area (Å²) >= 11 is 1.56. The van der Waals surface area contributed by atoms with Crippen LogP contribution in [0.15, 0.2) is 42.5 Å². The van der Waals surface area contributed by atoms with Crippen LogP contribution in [0.3, 0.4) is 0 Å². The number of aromatic nitrogens is 1. The van der Waals surface area contributed by atoms with Crippen LogP contribution in [0.4, 0.5) is 5.69 Å². The third-order valence-corrected chi connectivity index (χ3v) is 4.29. The zero-order valence-electron chi connectivity index (χ0n) is 11.1. The molecule has 3 nitrogen and oxygen atoms in total. The molecule has 2 N–H and O–H groups in total. The lowest BCUT2D eigenvalue weighted by molar-refractivity contribution is 0.0993. The normalized spacial score (nSPS) is 10.8. The summed E-state index contributed by atoms with van der Waals surface area (Å²) in [6.45, 7) is 1.93. The molecular formula is C16H14N2OS. The molecule has 0 bridgehead atoms. The number of Topliss-reactive ketones (excluding diaryl/α,β-unsaturated/α-hetero) is 1. The van der Waals surface area contributed by atoms with Gasteiger partial charge in [-0.2, -0.15) is 0 Å². The molecule has 0 aliphatic rings. The van der Waals surface area contributed by atoms with Gasteiger partial charge in [-0.25, -0.2) is 4.98 Å². The van der Waals surface area contributed by atoms with Crippen LogP contribution in [0.25, 0.3) is 10.2 Å². The highest BCUT2D eigenvalue weighted by atomic mass is 32.1. The van der Waals surface area contributed by atoms with Crippen molar-refractivity contribution in [1.82, 2.24) is 4.98 Å². The van der Waals surface area contributed by atoms with Gasteiger partial charge in [-0.15, -0.1) is 11.3 Å². The first kappa shape index (κ1) is 12.8. The number of rotatable bonds is 3. The zero-order chi connectivity index (χ0) is 14.1. The molecule has 1 aromatic heterocycles. The van der Waals surface area contributed by atoms with Crippen LogP contribution < -0.4 is 5.73 Å². The van der Waals surface area contributed by atoms with Gasteiger partial charge in [0.25, 0.3) is 0 Å². The largest absolute Gasteiger partial charge is 0.398 e. The molecule has 3 rings (SSSR count). The van der Waals surface area contributed by atoms with E-state index in [1.165, 1.54) is 0 Å². The Hall–Kier alpha value is -2.20. The lowest BCUT2D eigenvalue weighted by atomic mass is 10.1. The van der Waals surface area contributed by atoms with Gasteiger partial charge < -0.3 is 5.73 Å². The monoisotopic (exact) mass is 282 g/mol. The molecule has 0 fully saturated rings. The molecule has 0 aliphatic heterocycles. The van der Waals surface area contributed by atoms with Crippen molar-refractivity contribution in [2.45, 2.75) is 13.3 Å². The molecule has 0 amide bonds. The quantitative estimate of drug-likeness (QED) is 0.589. The van der Waals surface area contributed by atoms with Crippen LogP contribution in [0, 0.1) is 6.92 Å². The zero-order valence-corrected chi connectivity index (χ0v) is 11.9. The van der Waals surface area contributed by atoms with E-state index in [1.54, 1.807) is 17.4 Å². The minimum atomic E-state index is 0.0516. The highest BCUT2D eigenvalue weighted by molar-refractivity contribution is 7.18. The van der Waals surface area contributed by atoms with Crippen molar-refractivity contribution in [3.8, 4) is 0 Å². The predicted molar refractivity (Wildman–Crippen MR) is 83.2 cm³/mol. The Kier molecular flexibility index (Phi) is 3.24. The molecule has 0 atom stereocenters. The van der Waals surface area contributed by atoms with Gasteiger partial charge >= 0.3 is 0 Å². The third kappa shape index (κ3) is 2.42. The van der Waals surface area contributed by atoms with Gasteiger partial charge in [0.1, 0.15) is 5.01 Å². The summed E-state index contributed by atoms with van der Waals surface area (Å²) in [5, 5.41) is 0.843. The van der Waals surface area contributed by atoms with E-state index in [1.807, 2.05) is 43.3 Å². The van der Waals surface area contributed by atoms with Gasteiger partial charge in [-0.05, 0) is 30.7 Å². The number of anilines is 1. The van der Waals surface area contributed by atoms with Crippen molar-refractivity contribution in [3.05, 3.63) is 58.6 Å². The number of fused-ring (bicyclic) bond motifs is 1. The Morgan fingerprint density at radius 1 is 1.25 bits per heavy atom. The summed E-state index contributed by atoms with van der Waals surface area (Å²) in [5.41, 5.74) is 9.08. The summed E-state index contributed by atoms with van der Waals surface area (Å²) in [5.74, 6) is 0.0516. The Bertz CT molecular complexity index is 759. The minimum absolute atomic E-state index is 0.0516. The fraction of sp³-hybridized carbons (Fsp3) is 0.125. The number of para-hydroxylation sites is 1. The molecule has 0 unspecified atom stereocenters. The van der Waals surface area contributed by atoms with Crippen LogP contribution in [-0.2, 0) is 6.42 Å². The van der Waals surface area contributed by atoms with E-state index in [0.29, 0.717) is 17.7 Å². The molecule has 20 heavy (non-hydrogen) atoms. The molecule has 0 aliphatic carbocycles. The number of thiazole rings is 1. The van der Waals surface area contributed by atoms with Crippen molar-refractivity contribution >= 4 is 33.0 Å². The van der Waals surface area contributed by atoms with Gasteiger partial charge in [0.05, 0.1) is 16.6 Å².